The lowest BCUT2D eigenvalue weighted by Gasteiger charge is -2.20. The third-order valence-corrected chi connectivity index (χ3v) is 3.60. The number of hydrogen-bond donors (Lipinski definition) is 1. The molecule has 114 valence electrons. The molecule has 0 fully saturated rings. The maximum Gasteiger partial charge on any atom is 0.253 e. The average Bonchev–Trinajstić information content (AvgIpc) is 2.47. The number of rotatable bonds is 5. The minimum absolute atomic E-state index is 0.125. The molecule has 0 aliphatic rings. The zero-order valence-electron chi connectivity index (χ0n) is 11.4. The lowest BCUT2D eigenvalue weighted by atomic mass is 10.1. The molecule has 1 amide bonds. The Labute approximate surface area is 137 Å². The molecule has 2 rings (SSSR count). The van der Waals surface area contributed by atoms with Crippen molar-refractivity contribution in [2.45, 2.75) is 12.5 Å². The Morgan fingerprint density at radius 3 is 2.36 bits per heavy atom. The van der Waals surface area contributed by atoms with E-state index in [1.54, 1.807) is 24.3 Å². The van der Waals surface area contributed by atoms with Crippen molar-refractivity contribution in [2.24, 2.45) is 0 Å². The largest absolute Gasteiger partial charge is 0.548 e. The number of carbonyl (C=O) groups excluding carboxylic acids is 2. The van der Waals surface area contributed by atoms with E-state index in [4.69, 9.17) is 23.2 Å². The second kappa shape index (κ2) is 7.29. The van der Waals surface area contributed by atoms with Gasteiger partial charge in [-0.3, -0.25) is 4.79 Å². The molecule has 0 saturated heterocycles. The number of amides is 1. The van der Waals surface area contributed by atoms with Gasteiger partial charge in [0.05, 0.1) is 22.6 Å². The molecular formula is C16H12Cl2NO3-. The van der Waals surface area contributed by atoms with Crippen LogP contribution in [0.15, 0.2) is 48.5 Å². The Kier molecular flexibility index (Phi) is 5.41. The molecule has 0 aliphatic carbocycles. The van der Waals surface area contributed by atoms with Crippen LogP contribution in [0.25, 0.3) is 0 Å². The van der Waals surface area contributed by atoms with E-state index in [0.717, 1.165) is 5.56 Å². The molecule has 0 spiro atoms. The highest BCUT2D eigenvalue weighted by molar-refractivity contribution is 6.36. The Morgan fingerprint density at radius 2 is 1.77 bits per heavy atom. The third kappa shape index (κ3) is 4.23. The molecule has 2 aromatic rings. The maximum absolute atomic E-state index is 12.2. The highest BCUT2D eigenvalue weighted by atomic mass is 35.5. The van der Waals surface area contributed by atoms with Crippen molar-refractivity contribution in [3.63, 3.8) is 0 Å². The van der Waals surface area contributed by atoms with E-state index in [1.807, 2.05) is 6.07 Å². The summed E-state index contributed by atoms with van der Waals surface area (Å²) in [7, 11) is 0. The topological polar surface area (TPSA) is 69.2 Å². The van der Waals surface area contributed by atoms with Gasteiger partial charge in [0.1, 0.15) is 0 Å². The summed E-state index contributed by atoms with van der Waals surface area (Å²) in [5.41, 5.74) is 0.935. The summed E-state index contributed by atoms with van der Waals surface area (Å²) in [6, 6.07) is 12.2. The van der Waals surface area contributed by atoms with Gasteiger partial charge in [-0.1, -0.05) is 53.5 Å². The smallest absolute Gasteiger partial charge is 0.253 e. The molecule has 0 radical (unpaired) electrons. The van der Waals surface area contributed by atoms with Crippen LogP contribution in [0, 0.1) is 0 Å². The quantitative estimate of drug-likeness (QED) is 0.908. The van der Waals surface area contributed by atoms with E-state index in [9.17, 15) is 14.7 Å². The first-order valence-electron chi connectivity index (χ1n) is 6.48. The zero-order chi connectivity index (χ0) is 16.1. The normalized spacial score (nSPS) is 11.7. The highest BCUT2D eigenvalue weighted by Gasteiger charge is 2.17. The van der Waals surface area contributed by atoms with Crippen molar-refractivity contribution in [1.82, 2.24) is 5.32 Å². The van der Waals surface area contributed by atoms with Crippen molar-refractivity contribution < 1.29 is 14.7 Å². The predicted octanol–water partition coefficient (Wildman–Crippen LogP) is 2.08. The van der Waals surface area contributed by atoms with Gasteiger partial charge in [-0.25, -0.2) is 0 Å². The number of nitrogens with one attached hydrogen (secondary N) is 1. The van der Waals surface area contributed by atoms with E-state index in [1.165, 1.54) is 18.2 Å². The molecule has 1 atom stereocenters. The molecule has 6 heteroatoms. The molecule has 4 nitrogen and oxygen atoms in total. The fraction of sp³-hybridized carbons (Fsp3) is 0.125. The van der Waals surface area contributed by atoms with Gasteiger partial charge >= 0.3 is 0 Å². The van der Waals surface area contributed by atoms with Crippen LogP contribution < -0.4 is 10.4 Å². The zero-order valence-corrected chi connectivity index (χ0v) is 12.9. The lowest BCUT2D eigenvalue weighted by Crippen LogP contribution is -2.49. The van der Waals surface area contributed by atoms with Crippen molar-refractivity contribution in [3.8, 4) is 0 Å². The Morgan fingerprint density at radius 1 is 1.09 bits per heavy atom. The highest BCUT2D eigenvalue weighted by Crippen LogP contribution is 2.21. The molecule has 0 aromatic heterocycles. The van der Waals surface area contributed by atoms with Crippen LogP contribution in [0.3, 0.4) is 0 Å². The number of aliphatic carboxylic acids is 1. The summed E-state index contributed by atoms with van der Waals surface area (Å²) in [5, 5.41) is 14.2. The van der Waals surface area contributed by atoms with Crippen LogP contribution >= 0.6 is 23.2 Å². The molecular weight excluding hydrogens is 325 g/mol. The van der Waals surface area contributed by atoms with Crippen LogP contribution in [-0.2, 0) is 11.2 Å². The van der Waals surface area contributed by atoms with E-state index in [-0.39, 0.29) is 17.0 Å². The number of carboxylic acid groups (broad SMARTS) is 1. The molecule has 0 heterocycles. The fourth-order valence-corrected chi connectivity index (χ4v) is 2.45. The van der Waals surface area contributed by atoms with E-state index >= 15 is 0 Å². The minimum atomic E-state index is -1.36. The van der Waals surface area contributed by atoms with E-state index < -0.39 is 17.9 Å². The monoisotopic (exact) mass is 336 g/mol. The van der Waals surface area contributed by atoms with E-state index in [2.05, 4.69) is 5.32 Å². The number of halogens is 2. The number of benzene rings is 2. The first-order chi connectivity index (χ1) is 10.5. The van der Waals surface area contributed by atoms with Gasteiger partial charge in [-0.05, 0) is 30.2 Å². The van der Waals surface area contributed by atoms with Crippen LogP contribution in [0.2, 0.25) is 10.0 Å². The van der Waals surface area contributed by atoms with Crippen LogP contribution in [-0.4, -0.2) is 17.9 Å². The molecule has 0 aliphatic heterocycles. The molecule has 0 saturated carbocycles. The Hall–Kier alpha value is -2.04. The summed E-state index contributed by atoms with van der Waals surface area (Å²) >= 11 is 11.7. The Balaban J connectivity index is 2.14. The second-order valence-corrected chi connectivity index (χ2v) is 5.50. The van der Waals surface area contributed by atoms with Gasteiger partial charge in [0, 0.05) is 5.02 Å². The fourth-order valence-electron chi connectivity index (χ4n) is 1.95. The molecule has 22 heavy (non-hydrogen) atoms. The van der Waals surface area contributed by atoms with Gasteiger partial charge in [-0.2, -0.15) is 0 Å². The Bertz CT molecular complexity index is 689. The van der Waals surface area contributed by atoms with Crippen LogP contribution in [0.4, 0.5) is 0 Å². The molecule has 0 bridgehead atoms. The first kappa shape index (κ1) is 16.3. The molecule has 2 aromatic carbocycles. The van der Waals surface area contributed by atoms with Crippen molar-refractivity contribution in [3.05, 3.63) is 69.7 Å². The summed E-state index contributed by atoms with van der Waals surface area (Å²) in [6.45, 7) is 0. The van der Waals surface area contributed by atoms with E-state index in [0.29, 0.717) is 5.02 Å². The SMILES string of the molecule is O=C(N[C@@H](Cc1ccccc1)C(=O)[O-])c1ccc(Cl)cc1Cl. The van der Waals surface area contributed by atoms with Crippen molar-refractivity contribution >= 4 is 35.1 Å². The first-order valence-corrected chi connectivity index (χ1v) is 7.23. The van der Waals surface area contributed by atoms with Gasteiger partial charge in [0.25, 0.3) is 5.91 Å². The van der Waals surface area contributed by atoms with Crippen molar-refractivity contribution in [1.29, 1.82) is 0 Å². The third-order valence-electron chi connectivity index (χ3n) is 3.05. The molecule has 1 N–H and O–H groups in total. The minimum Gasteiger partial charge on any atom is -0.548 e. The summed E-state index contributed by atoms with van der Waals surface area (Å²) in [4.78, 5) is 23.4. The van der Waals surface area contributed by atoms with Gasteiger partial charge in [-0.15, -0.1) is 0 Å². The van der Waals surface area contributed by atoms with Crippen molar-refractivity contribution in [2.75, 3.05) is 0 Å². The standard InChI is InChI=1S/C16H13Cl2NO3/c17-11-6-7-12(13(18)9-11)15(20)19-14(16(21)22)8-10-4-2-1-3-5-10/h1-7,9,14H,8H2,(H,19,20)(H,21,22)/p-1/t14-/m0/s1. The average molecular weight is 337 g/mol. The summed E-state index contributed by atoms with van der Waals surface area (Å²) < 4.78 is 0. The van der Waals surface area contributed by atoms with Gasteiger partial charge < -0.3 is 15.2 Å². The summed E-state index contributed by atoms with van der Waals surface area (Å²) in [6.07, 6.45) is 0.125. The predicted molar refractivity (Wildman–Crippen MR) is 82.9 cm³/mol. The number of carbonyl (C=O) groups is 2. The summed E-state index contributed by atoms with van der Waals surface area (Å²) in [5.74, 6) is -1.95. The molecule has 0 unspecified atom stereocenters. The van der Waals surface area contributed by atoms with Gasteiger partial charge in [0.15, 0.2) is 0 Å². The maximum atomic E-state index is 12.2. The van der Waals surface area contributed by atoms with Crippen LogP contribution in [0.1, 0.15) is 15.9 Å². The number of hydrogen-bond acceptors (Lipinski definition) is 3. The van der Waals surface area contributed by atoms with Crippen LogP contribution in [0.5, 0.6) is 0 Å². The van der Waals surface area contributed by atoms with Gasteiger partial charge in [0.2, 0.25) is 0 Å². The number of carboxylic acids is 1. The lowest BCUT2D eigenvalue weighted by molar-refractivity contribution is -0.308. The second-order valence-electron chi connectivity index (χ2n) is 4.66.